The molecule has 0 radical (unpaired) electrons. The van der Waals surface area contributed by atoms with E-state index in [9.17, 15) is 4.79 Å². The molecule has 0 aromatic heterocycles. The molecular formula is C15H24N2O. The molecule has 0 saturated heterocycles. The summed E-state index contributed by atoms with van der Waals surface area (Å²) < 4.78 is 0. The fourth-order valence-corrected chi connectivity index (χ4v) is 1.89. The lowest BCUT2D eigenvalue weighted by Crippen LogP contribution is -2.35. The molecule has 0 spiro atoms. The highest BCUT2D eigenvalue weighted by Crippen LogP contribution is 2.17. The maximum absolute atomic E-state index is 12.0. The van der Waals surface area contributed by atoms with Gasteiger partial charge >= 0.3 is 0 Å². The van der Waals surface area contributed by atoms with E-state index in [-0.39, 0.29) is 11.8 Å². The maximum Gasteiger partial charge on any atom is 0.230 e. The summed E-state index contributed by atoms with van der Waals surface area (Å²) in [6, 6.07) is 8.18. The van der Waals surface area contributed by atoms with Crippen LogP contribution >= 0.6 is 0 Å². The van der Waals surface area contributed by atoms with E-state index in [1.165, 1.54) is 5.56 Å². The Hall–Kier alpha value is -1.35. The van der Waals surface area contributed by atoms with Crippen molar-refractivity contribution in [2.45, 2.75) is 27.2 Å². The van der Waals surface area contributed by atoms with Gasteiger partial charge in [0.05, 0.1) is 0 Å². The van der Waals surface area contributed by atoms with Crippen LogP contribution < -0.4 is 10.6 Å². The van der Waals surface area contributed by atoms with E-state index in [4.69, 9.17) is 5.73 Å². The molecule has 3 heteroatoms. The second-order valence-electron chi connectivity index (χ2n) is 5.30. The van der Waals surface area contributed by atoms with Gasteiger partial charge in [-0.05, 0) is 30.0 Å². The van der Waals surface area contributed by atoms with Gasteiger partial charge in [0.15, 0.2) is 0 Å². The topological polar surface area (TPSA) is 46.3 Å². The van der Waals surface area contributed by atoms with E-state index < -0.39 is 0 Å². The van der Waals surface area contributed by atoms with Crippen LogP contribution in [-0.2, 0) is 11.2 Å². The first kappa shape index (κ1) is 14.7. The molecule has 18 heavy (non-hydrogen) atoms. The van der Waals surface area contributed by atoms with E-state index in [0.29, 0.717) is 12.5 Å². The number of nitrogens with zero attached hydrogens (tertiary/aromatic N) is 1. The number of nitrogens with two attached hydrogens (primary N) is 1. The molecule has 0 aliphatic carbocycles. The zero-order valence-corrected chi connectivity index (χ0v) is 11.8. The van der Waals surface area contributed by atoms with Gasteiger partial charge in [0.2, 0.25) is 5.91 Å². The maximum atomic E-state index is 12.0. The molecule has 3 nitrogen and oxygen atoms in total. The van der Waals surface area contributed by atoms with E-state index >= 15 is 0 Å². The molecule has 1 unspecified atom stereocenters. The molecule has 1 aromatic carbocycles. The van der Waals surface area contributed by atoms with Gasteiger partial charge < -0.3 is 10.6 Å². The van der Waals surface area contributed by atoms with Crippen LogP contribution in [0.4, 0.5) is 5.69 Å². The third kappa shape index (κ3) is 3.84. The average molecular weight is 248 g/mol. The van der Waals surface area contributed by atoms with Crippen molar-refractivity contribution >= 4 is 11.6 Å². The normalized spacial score (nSPS) is 12.6. The van der Waals surface area contributed by atoms with Crippen molar-refractivity contribution in [2.24, 2.45) is 17.6 Å². The Labute approximate surface area is 110 Å². The first-order valence-corrected chi connectivity index (χ1v) is 6.52. The molecule has 100 valence electrons. The van der Waals surface area contributed by atoms with Crippen molar-refractivity contribution in [3.63, 3.8) is 0 Å². The Balaban J connectivity index is 2.75. The first-order chi connectivity index (χ1) is 8.45. The third-order valence-electron chi connectivity index (χ3n) is 3.07. The Bertz CT molecular complexity index is 384. The highest BCUT2D eigenvalue weighted by Gasteiger charge is 2.17. The smallest absolute Gasteiger partial charge is 0.230 e. The zero-order valence-electron chi connectivity index (χ0n) is 11.8. The number of carbonyl (C=O) groups is 1. The molecule has 2 N–H and O–H groups in total. The molecule has 0 bridgehead atoms. The van der Waals surface area contributed by atoms with Crippen LogP contribution in [0.15, 0.2) is 24.3 Å². The monoisotopic (exact) mass is 248 g/mol. The number of rotatable bonds is 5. The van der Waals surface area contributed by atoms with Crippen molar-refractivity contribution in [3.05, 3.63) is 29.8 Å². The minimum atomic E-state index is -0.134. The van der Waals surface area contributed by atoms with E-state index in [0.717, 1.165) is 12.1 Å². The Morgan fingerprint density at radius 2 is 1.78 bits per heavy atom. The average Bonchev–Trinajstić information content (AvgIpc) is 2.36. The molecule has 1 aromatic rings. The van der Waals surface area contributed by atoms with Crippen molar-refractivity contribution < 1.29 is 4.79 Å². The second-order valence-corrected chi connectivity index (χ2v) is 5.30. The quantitative estimate of drug-likeness (QED) is 0.870. The number of carbonyl (C=O) groups excluding carboxylic acids is 1. The van der Waals surface area contributed by atoms with Crippen molar-refractivity contribution in [1.82, 2.24) is 0 Å². The van der Waals surface area contributed by atoms with Crippen molar-refractivity contribution in [3.8, 4) is 0 Å². The minimum absolute atomic E-state index is 0.0640. The summed E-state index contributed by atoms with van der Waals surface area (Å²) in [6.45, 7) is 6.64. The SMILES string of the molecule is CC(C)Cc1ccc(N(C)C(=O)C(C)CN)cc1. The molecule has 1 atom stereocenters. The first-order valence-electron chi connectivity index (χ1n) is 6.52. The largest absolute Gasteiger partial charge is 0.330 e. The lowest BCUT2D eigenvalue weighted by atomic mass is 10.0. The minimum Gasteiger partial charge on any atom is -0.330 e. The molecule has 0 aliphatic heterocycles. The van der Waals surface area contributed by atoms with E-state index in [1.807, 2.05) is 19.1 Å². The van der Waals surface area contributed by atoms with Gasteiger partial charge in [-0.25, -0.2) is 0 Å². The Morgan fingerprint density at radius 1 is 1.22 bits per heavy atom. The van der Waals surface area contributed by atoms with Crippen LogP contribution in [-0.4, -0.2) is 19.5 Å². The van der Waals surface area contributed by atoms with Crippen LogP contribution in [0.3, 0.4) is 0 Å². The number of benzene rings is 1. The van der Waals surface area contributed by atoms with Crippen LogP contribution in [0, 0.1) is 11.8 Å². The Morgan fingerprint density at radius 3 is 2.22 bits per heavy atom. The summed E-state index contributed by atoms with van der Waals surface area (Å²) in [7, 11) is 1.80. The molecule has 1 rings (SSSR count). The summed E-state index contributed by atoms with van der Waals surface area (Å²) in [5.74, 6) is 0.576. The van der Waals surface area contributed by atoms with Gasteiger partial charge in [-0.1, -0.05) is 32.9 Å². The lowest BCUT2D eigenvalue weighted by Gasteiger charge is -2.21. The lowest BCUT2D eigenvalue weighted by molar-refractivity contribution is -0.121. The van der Waals surface area contributed by atoms with Gasteiger partial charge in [-0.3, -0.25) is 4.79 Å². The van der Waals surface area contributed by atoms with Gasteiger partial charge in [0.25, 0.3) is 0 Å². The molecular weight excluding hydrogens is 224 g/mol. The highest BCUT2D eigenvalue weighted by molar-refractivity contribution is 5.94. The summed E-state index contributed by atoms with van der Waals surface area (Å²) >= 11 is 0. The molecule has 0 fully saturated rings. The van der Waals surface area contributed by atoms with E-state index in [2.05, 4.69) is 26.0 Å². The third-order valence-corrected chi connectivity index (χ3v) is 3.07. The van der Waals surface area contributed by atoms with Crippen LogP contribution in [0.1, 0.15) is 26.3 Å². The van der Waals surface area contributed by atoms with Crippen LogP contribution in [0.2, 0.25) is 0 Å². The summed E-state index contributed by atoms with van der Waals surface area (Å²) in [5.41, 5.74) is 7.75. The van der Waals surface area contributed by atoms with Crippen LogP contribution in [0.5, 0.6) is 0 Å². The van der Waals surface area contributed by atoms with E-state index in [1.54, 1.807) is 11.9 Å². The summed E-state index contributed by atoms with van der Waals surface area (Å²) in [5, 5.41) is 0. The fourth-order valence-electron chi connectivity index (χ4n) is 1.89. The van der Waals surface area contributed by atoms with Gasteiger partial charge in [-0.15, -0.1) is 0 Å². The van der Waals surface area contributed by atoms with Crippen molar-refractivity contribution in [2.75, 3.05) is 18.5 Å². The number of anilines is 1. The molecule has 1 amide bonds. The highest BCUT2D eigenvalue weighted by atomic mass is 16.2. The number of hydrogen-bond donors (Lipinski definition) is 1. The summed E-state index contributed by atoms with van der Waals surface area (Å²) in [6.07, 6.45) is 1.07. The standard InChI is InChI=1S/C15H24N2O/c1-11(2)9-13-5-7-14(8-6-13)17(4)15(18)12(3)10-16/h5-8,11-12H,9-10,16H2,1-4H3. The van der Waals surface area contributed by atoms with Gasteiger partial charge in [0, 0.05) is 25.2 Å². The van der Waals surface area contributed by atoms with Crippen LogP contribution in [0.25, 0.3) is 0 Å². The van der Waals surface area contributed by atoms with Gasteiger partial charge in [-0.2, -0.15) is 0 Å². The Kier molecular flexibility index (Phi) is 5.35. The predicted octanol–water partition coefficient (Wildman–Crippen LogP) is 2.44. The number of hydrogen-bond acceptors (Lipinski definition) is 2. The predicted molar refractivity (Wildman–Crippen MR) is 76.6 cm³/mol. The molecule has 0 heterocycles. The fraction of sp³-hybridized carbons (Fsp3) is 0.533. The second kappa shape index (κ2) is 6.55. The zero-order chi connectivity index (χ0) is 13.7. The van der Waals surface area contributed by atoms with Crippen molar-refractivity contribution in [1.29, 1.82) is 0 Å². The number of amides is 1. The summed E-state index contributed by atoms with van der Waals surface area (Å²) in [4.78, 5) is 13.7. The molecule has 0 aliphatic rings. The van der Waals surface area contributed by atoms with Gasteiger partial charge in [0.1, 0.15) is 0 Å². The molecule has 0 saturated carbocycles.